The number of carbonyl (C=O) groups excluding carboxylic acids is 1. The van der Waals surface area contributed by atoms with E-state index in [1.807, 2.05) is 13.0 Å². The van der Waals surface area contributed by atoms with Crippen LogP contribution in [0.2, 0.25) is 0 Å². The van der Waals surface area contributed by atoms with Crippen molar-refractivity contribution in [1.29, 1.82) is 0 Å². The Bertz CT molecular complexity index is 1440. The first-order chi connectivity index (χ1) is 18.4. The Kier molecular flexibility index (Phi) is 5.91. The van der Waals surface area contributed by atoms with Gasteiger partial charge >= 0.3 is 6.18 Å². The lowest BCUT2D eigenvalue weighted by atomic mass is 9.62. The highest BCUT2D eigenvalue weighted by atomic mass is 19.4. The highest BCUT2D eigenvalue weighted by molar-refractivity contribution is 6.10. The van der Waals surface area contributed by atoms with Gasteiger partial charge < -0.3 is 14.8 Å². The second-order valence-electron chi connectivity index (χ2n) is 11.7. The van der Waals surface area contributed by atoms with Gasteiger partial charge in [0.15, 0.2) is 0 Å². The van der Waals surface area contributed by atoms with Crippen molar-refractivity contribution in [2.45, 2.75) is 81.8 Å². The van der Waals surface area contributed by atoms with Crippen LogP contribution in [-0.2, 0) is 25.2 Å². The Morgan fingerprint density at radius 1 is 1.15 bits per heavy atom. The Balaban J connectivity index is 1.36. The van der Waals surface area contributed by atoms with Gasteiger partial charge in [0.1, 0.15) is 18.3 Å². The Labute approximate surface area is 224 Å². The number of carbonyl (C=O) groups is 1. The molecule has 3 aromatic rings. The normalized spacial score (nSPS) is 24.7. The van der Waals surface area contributed by atoms with E-state index in [0.29, 0.717) is 17.1 Å². The van der Waals surface area contributed by atoms with Crippen molar-refractivity contribution < 1.29 is 22.4 Å². The molecule has 0 radical (unpaired) electrons. The van der Waals surface area contributed by atoms with Gasteiger partial charge in [-0.25, -0.2) is 4.39 Å². The van der Waals surface area contributed by atoms with Crippen LogP contribution in [0.25, 0.3) is 0 Å². The molecule has 2 fully saturated rings. The number of anilines is 1. The Hall–Kier alpha value is -3.27. The van der Waals surface area contributed by atoms with Gasteiger partial charge in [0, 0.05) is 29.9 Å². The molecule has 2 saturated carbocycles. The van der Waals surface area contributed by atoms with Crippen molar-refractivity contribution in [2.75, 3.05) is 4.90 Å². The van der Waals surface area contributed by atoms with Crippen LogP contribution in [0.5, 0.6) is 0 Å². The van der Waals surface area contributed by atoms with E-state index in [1.54, 1.807) is 42.2 Å². The summed E-state index contributed by atoms with van der Waals surface area (Å²) in [5, 5.41) is 11.6. The topological polar surface area (TPSA) is 63.0 Å². The molecule has 1 aromatic heterocycles. The average molecular weight is 542 g/mol. The number of nitrogens with one attached hydrogen (secondary N) is 1. The van der Waals surface area contributed by atoms with Gasteiger partial charge in [0.25, 0.3) is 5.91 Å². The fourth-order valence-electron chi connectivity index (χ4n) is 6.53. The summed E-state index contributed by atoms with van der Waals surface area (Å²) in [7, 11) is 1.80. The summed E-state index contributed by atoms with van der Waals surface area (Å²) in [6, 6.07) is 9.54. The smallest absolute Gasteiger partial charge is 0.320 e. The van der Waals surface area contributed by atoms with Crippen molar-refractivity contribution in [2.24, 2.45) is 7.05 Å². The molecule has 6 nitrogen and oxygen atoms in total. The first-order valence-electron chi connectivity index (χ1n) is 13.3. The van der Waals surface area contributed by atoms with Crippen LogP contribution < -0.4 is 10.2 Å². The van der Waals surface area contributed by atoms with Crippen molar-refractivity contribution in [3.05, 3.63) is 76.4 Å². The van der Waals surface area contributed by atoms with Crippen LogP contribution in [0, 0.1) is 0 Å². The van der Waals surface area contributed by atoms with E-state index in [2.05, 4.69) is 22.4 Å². The van der Waals surface area contributed by atoms with E-state index in [9.17, 15) is 22.4 Å². The van der Waals surface area contributed by atoms with E-state index in [4.69, 9.17) is 0 Å². The van der Waals surface area contributed by atoms with Crippen LogP contribution in [0.15, 0.2) is 42.7 Å². The maximum Gasteiger partial charge on any atom is 0.416 e. The molecule has 0 saturated heterocycles. The molecule has 0 bridgehead atoms. The molecule has 0 unspecified atom stereocenters. The summed E-state index contributed by atoms with van der Waals surface area (Å²) < 4.78 is 58.8. The van der Waals surface area contributed by atoms with Crippen molar-refractivity contribution in [3.63, 3.8) is 0 Å². The number of aromatic nitrogens is 3. The lowest BCUT2D eigenvalue weighted by molar-refractivity contribution is -0.138. The molecule has 1 N–H and O–H groups in total. The predicted molar refractivity (Wildman–Crippen MR) is 138 cm³/mol. The second kappa shape index (κ2) is 8.87. The Morgan fingerprint density at radius 2 is 1.90 bits per heavy atom. The summed E-state index contributed by atoms with van der Waals surface area (Å²) in [6.07, 6.45) is -0.559. The van der Waals surface area contributed by atoms with Gasteiger partial charge in [-0.2, -0.15) is 13.2 Å². The zero-order valence-corrected chi connectivity index (χ0v) is 22.1. The third-order valence-corrected chi connectivity index (χ3v) is 8.88. The lowest BCUT2D eigenvalue weighted by Crippen LogP contribution is -2.49. The van der Waals surface area contributed by atoms with Gasteiger partial charge in [-0.15, -0.1) is 10.2 Å². The first-order valence-corrected chi connectivity index (χ1v) is 13.3. The molecule has 3 aliphatic rings. The van der Waals surface area contributed by atoms with E-state index in [0.717, 1.165) is 24.8 Å². The average Bonchev–Trinajstić information content (AvgIpc) is 3.43. The maximum absolute atomic E-state index is 14.3. The molecule has 2 aliphatic carbocycles. The highest BCUT2D eigenvalue weighted by Gasteiger charge is 2.51. The van der Waals surface area contributed by atoms with E-state index < -0.39 is 29.2 Å². The monoisotopic (exact) mass is 541 g/mol. The number of amides is 1. The second-order valence-corrected chi connectivity index (χ2v) is 11.7. The molecular weight excluding hydrogens is 510 g/mol. The van der Waals surface area contributed by atoms with Gasteiger partial charge in [-0.1, -0.05) is 12.1 Å². The fraction of sp³-hybridized carbons (Fsp3) is 0.483. The SMILES string of the molecule is C[C@H](NC1(C)CCC1)c1cc2c(c(C(F)(F)F)c1)CN(c1cccc(C3(c4nncn4C)CC(F)C3)c1)C2=O. The molecule has 1 amide bonds. The van der Waals surface area contributed by atoms with Gasteiger partial charge in [-0.3, -0.25) is 4.79 Å². The number of hydrogen-bond donors (Lipinski definition) is 1. The van der Waals surface area contributed by atoms with Crippen LogP contribution in [0.1, 0.15) is 90.4 Å². The summed E-state index contributed by atoms with van der Waals surface area (Å²) in [4.78, 5) is 15.0. The zero-order chi connectivity index (χ0) is 27.7. The van der Waals surface area contributed by atoms with Gasteiger partial charge in [0.05, 0.1) is 17.5 Å². The third kappa shape index (κ3) is 4.23. The van der Waals surface area contributed by atoms with Crippen LogP contribution in [0.4, 0.5) is 23.2 Å². The molecule has 0 spiro atoms. The number of fused-ring (bicyclic) bond motifs is 1. The molecule has 39 heavy (non-hydrogen) atoms. The summed E-state index contributed by atoms with van der Waals surface area (Å²) in [6.45, 7) is 3.73. The molecule has 1 aliphatic heterocycles. The number of hydrogen-bond acceptors (Lipinski definition) is 4. The number of benzene rings is 2. The molecule has 6 rings (SSSR count). The molecule has 10 heteroatoms. The molecular formula is C29H31F4N5O. The highest BCUT2D eigenvalue weighted by Crippen LogP contribution is 2.50. The predicted octanol–water partition coefficient (Wildman–Crippen LogP) is 6.01. The standard InChI is InChI=1S/C29H31F4N5O/c1-17(35-27(2)8-5-9-27)18-10-22-23(24(11-18)29(31,32)33)15-38(25(22)39)21-7-4-6-19(12-21)28(13-20(30)14-28)26-36-34-16-37(26)3/h4,6-7,10-12,16-17,20,35H,5,8-9,13-15H2,1-3H3/t17-,20?,28?/m0/s1. The van der Waals surface area contributed by atoms with Gasteiger partial charge in [0.2, 0.25) is 0 Å². The van der Waals surface area contributed by atoms with Crippen LogP contribution >= 0.6 is 0 Å². The zero-order valence-electron chi connectivity index (χ0n) is 22.1. The minimum atomic E-state index is -4.60. The lowest BCUT2D eigenvalue weighted by Gasteiger charge is -2.43. The van der Waals surface area contributed by atoms with Gasteiger partial charge in [-0.05, 0) is 86.9 Å². The molecule has 2 heterocycles. The van der Waals surface area contributed by atoms with Crippen molar-refractivity contribution in [1.82, 2.24) is 20.1 Å². The van der Waals surface area contributed by atoms with E-state index in [1.165, 1.54) is 11.0 Å². The van der Waals surface area contributed by atoms with Crippen LogP contribution in [-0.4, -0.2) is 32.4 Å². The number of nitrogens with zero attached hydrogens (tertiary/aromatic N) is 4. The summed E-state index contributed by atoms with van der Waals surface area (Å²) in [5.41, 5.74) is 0.155. The number of halogens is 4. The fourth-order valence-corrected chi connectivity index (χ4v) is 6.53. The quantitative estimate of drug-likeness (QED) is 0.389. The van der Waals surface area contributed by atoms with E-state index >= 15 is 0 Å². The largest absolute Gasteiger partial charge is 0.416 e. The molecule has 1 atom stereocenters. The third-order valence-electron chi connectivity index (χ3n) is 8.88. The minimum absolute atomic E-state index is 0.0146. The number of aryl methyl sites for hydroxylation is 1. The summed E-state index contributed by atoms with van der Waals surface area (Å²) in [5.74, 6) is 0.150. The summed E-state index contributed by atoms with van der Waals surface area (Å²) >= 11 is 0. The van der Waals surface area contributed by atoms with E-state index in [-0.39, 0.29) is 42.1 Å². The van der Waals surface area contributed by atoms with Crippen molar-refractivity contribution in [3.8, 4) is 0 Å². The number of rotatable bonds is 6. The Morgan fingerprint density at radius 3 is 2.49 bits per heavy atom. The molecule has 2 aromatic carbocycles. The van der Waals surface area contributed by atoms with Crippen LogP contribution in [0.3, 0.4) is 0 Å². The number of alkyl halides is 4. The minimum Gasteiger partial charge on any atom is -0.320 e. The maximum atomic E-state index is 14.3. The molecule has 206 valence electrons. The first kappa shape index (κ1) is 26.0. The van der Waals surface area contributed by atoms with Crippen molar-refractivity contribution >= 4 is 11.6 Å².